The fraction of sp³-hybridized carbons (Fsp3) is 0.278. The lowest BCUT2D eigenvalue weighted by Crippen LogP contribution is -2.29. The molecule has 0 N–H and O–H groups in total. The number of ether oxygens (including phenoxy) is 3. The summed E-state index contributed by atoms with van der Waals surface area (Å²) in [6.07, 6.45) is 0. The van der Waals surface area contributed by atoms with Crippen molar-refractivity contribution in [3.63, 3.8) is 0 Å². The summed E-state index contributed by atoms with van der Waals surface area (Å²) in [5.74, 6) is -1.26. The first-order valence-electron chi connectivity index (χ1n) is 8.02. The number of anilines is 1. The van der Waals surface area contributed by atoms with Gasteiger partial charge in [0.05, 0.1) is 26.4 Å². The Balaban J connectivity index is 2.21. The molecule has 3 rings (SSSR count). The van der Waals surface area contributed by atoms with E-state index in [1.165, 1.54) is 45.6 Å². The molecule has 0 bridgehead atoms. The molecular weight excluding hydrogens is 413 g/mol. The van der Waals surface area contributed by atoms with Crippen LogP contribution in [0.1, 0.15) is 10.9 Å². The molecule has 1 atom stereocenters. The summed E-state index contributed by atoms with van der Waals surface area (Å²) in [5, 5.41) is -1.58. The summed E-state index contributed by atoms with van der Waals surface area (Å²) < 4.78 is 54.9. The quantitative estimate of drug-likeness (QED) is 0.726. The van der Waals surface area contributed by atoms with Crippen molar-refractivity contribution in [3.05, 3.63) is 46.7 Å². The molecule has 1 aliphatic rings. The van der Waals surface area contributed by atoms with Crippen molar-refractivity contribution in [2.24, 2.45) is 0 Å². The van der Waals surface area contributed by atoms with Gasteiger partial charge in [-0.15, -0.1) is 0 Å². The van der Waals surface area contributed by atoms with E-state index in [-0.39, 0.29) is 33.5 Å². The zero-order chi connectivity index (χ0) is 20.6. The summed E-state index contributed by atoms with van der Waals surface area (Å²) in [6, 6.07) is 6.49. The van der Waals surface area contributed by atoms with Gasteiger partial charge in [0.25, 0.3) is 0 Å². The van der Waals surface area contributed by atoms with Gasteiger partial charge in [-0.1, -0.05) is 11.6 Å². The molecule has 1 saturated heterocycles. The van der Waals surface area contributed by atoms with Crippen molar-refractivity contribution in [3.8, 4) is 17.2 Å². The van der Waals surface area contributed by atoms with Gasteiger partial charge in [0, 0.05) is 5.69 Å². The lowest BCUT2D eigenvalue weighted by Gasteiger charge is -2.25. The predicted molar refractivity (Wildman–Crippen MR) is 102 cm³/mol. The van der Waals surface area contributed by atoms with E-state index in [2.05, 4.69) is 0 Å². The number of hydrogen-bond donors (Lipinski definition) is 0. The molecule has 1 amide bonds. The largest absolute Gasteiger partial charge is 0.493 e. The molecule has 150 valence electrons. The van der Waals surface area contributed by atoms with Gasteiger partial charge in [0.2, 0.25) is 11.7 Å². The Morgan fingerprint density at radius 3 is 2.18 bits per heavy atom. The van der Waals surface area contributed by atoms with Crippen LogP contribution in [0.5, 0.6) is 17.2 Å². The molecule has 2 aromatic carbocycles. The molecule has 0 spiro atoms. The van der Waals surface area contributed by atoms with Crippen molar-refractivity contribution in [1.29, 1.82) is 0 Å². The van der Waals surface area contributed by atoms with Crippen LogP contribution < -0.4 is 19.1 Å². The van der Waals surface area contributed by atoms with Crippen molar-refractivity contribution in [1.82, 2.24) is 0 Å². The van der Waals surface area contributed by atoms with Gasteiger partial charge >= 0.3 is 0 Å². The van der Waals surface area contributed by atoms with Gasteiger partial charge in [-0.05, 0) is 35.9 Å². The summed E-state index contributed by atoms with van der Waals surface area (Å²) in [7, 11) is 0.319. The highest BCUT2D eigenvalue weighted by molar-refractivity contribution is 7.93. The topological polar surface area (TPSA) is 82.1 Å². The minimum atomic E-state index is -3.89. The second-order valence-corrected chi connectivity index (χ2v) is 8.45. The molecule has 7 nitrogen and oxygen atoms in total. The Morgan fingerprint density at radius 2 is 1.68 bits per heavy atom. The van der Waals surface area contributed by atoms with Crippen LogP contribution in [-0.4, -0.2) is 41.4 Å². The monoisotopic (exact) mass is 429 g/mol. The highest BCUT2D eigenvalue weighted by atomic mass is 35.5. The van der Waals surface area contributed by atoms with Crippen LogP contribution in [0.4, 0.5) is 10.1 Å². The van der Waals surface area contributed by atoms with Gasteiger partial charge in [-0.25, -0.2) is 12.8 Å². The van der Waals surface area contributed by atoms with E-state index in [9.17, 15) is 17.6 Å². The van der Waals surface area contributed by atoms with E-state index in [1.807, 2.05) is 0 Å². The molecular formula is C18H17ClFNO6S. The number of halogens is 2. The van der Waals surface area contributed by atoms with Gasteiger partial charge in [-0.2, -0.15) is 0 Å². The normalized spacial score (nSPS) is 18.2. The van der Waals surface area contributed by atoms with Crippen LogP contribution in [0.2, 0.25) is 5.02 Å². The third-order valence-electron chi connectivity index (χ3n) is 4.32. The maximum atomic E-state index is 13.5. The Labute approximate surface area is 166 Å². The molecule has 1 heterocycles. The summed E-state index contributed by atoms with van der Waals surface area (Å²) in [6.45, 7) is 0. The molecule has 1 aliphatic heterocycles. The Hall–Kier alpha value is -2.52. The maximum absolute atomic E-state index is 13.5. The van der Waals surface area contributed by atoms with Crippen molar-refractivity contribution >= 4 is 33.0 Å². The van der Waals surface area contributed by atoms with Crippen LogP contribution in [0.25, 0.3) is 0 Å². The maximum Gasteiger partial charge on any atom is 0.243 e. The van der Waals surface area contributed by atoms with E-state index in [4.69, 9.17) is 25.8 Å². The van der Waals surface area contributed by atoms with Gasteiger partial charge in [-0.3, -0.25) is 9.69 Å². The average Bonchev–Trinajstić information content (AvgIpc) is 2.90. The molecule has 0 aliphatic carbocycles. The zero-order valence-electron chi connectivity index (χ0n) is 15.2. The van der Waals surface area contributed by atoms with E-state index in [0.717, 1.165) is 11.0 Å². The molecule has 28 heavy (non-hydrogen) atoms. The Bertz CT molecular complexity index is 1020. The number of benzene rings is 2. The highest BCUT2D eigenvalue weighted by Gasteiger charge is 2.46. The number of carbonyl (C=O) groups is 1. The minimum absolute atomic E-state index is 0.163. The Kier molecular flexibility index (Phi) is 5.40. The van der Waals surface area contributed by atoms with Crippen molar-refractivity contribution in [2.45, 2.75) is 5.37 Å². The first kappa shape index (κ1) is 20.2. The lowest BCUT2D eigenvalue weighted by molar-refractivity contribution is -0.115. The van der Waals surface area contributed by atoms with E-state index in [0.29, 0.717) is 0 Å². The van der Waals surface area contributed by atoms with Crippen LogP contribution >= 0.6 is 11.6 Å². The molecule has 0 radical (unpaired) electrons. The number of nitrogens with zero attached hydrogens (tertiary/aromatic N) is 1. The lowest BCUT2D eigenvalue weighted by atomic mass is 10.1. The molecule has 1 unspecified atom stereocenters. The van der Waals surface area contributed by atoms with Crippen LogP contribution in [0.3, 0.4) is 0 Å². The molecule has 10 heteroatoms. The second kappa shape index (κ2) is 7.48. The van der Waals surface area contributed by atoms with Crippen LogP contribution in [0.15, 0.2) is 30.3 Å². The smallest absolute Gasteiger partial charge is 0.243 e. The van der Waals surface area contributed by atoms with E-state index < -0.39 is 32.7 Å². The number of amides is 1. The molecule has 0 saturated carbocycles. The van der Waals surface area contributed by atoms with Crippen LogP contribution in [-0.2, 0) is 14.6 Å². The number of sulfone groups is 1. The second-order valence-electron chi connectivity index (χ2n) is 5.98. The average molecular weight is 430 g/mol. The third-order valence-corrected chi connectivity index (χ3v) is 6.42. The van der Waals surface area contributed by atoms with Crippen molar-refractivity contribution in [2.75, 3.05) is 32.0 Å². The first-order chi connectivity index (χ1) is 13.2. The molecule has 1 fully saturated rings. The number of rotatable bonds is 5. The minimum Gasteiger partial charge on any atom is -0.493 e. The number of methoxy groups -OCH3 is 3. The fourth-order valence-electron chi connectivity index (χ4n) is 3.13. The summed E-state index contributed by atoms with van der Waals surface area (Å²) in [5.41, 5.74) is 0.400. The SMILES string of the molecule is COc1cc(C2N(c3ccc(F)c(Cl)c3)C(=O)CS2(=O)=O)cc(OC)c1OC. The molecule has 2 aromatic rings. The van der Waals surface area contributed by atoms with E-state index in [1.54, 1.807) is 0 Å². The fourth-order valence-corrected chi connectivity index (χ4v) is 5.05. The van der Waals surface area contributed by atoms with Crippen LogP contribution in [0, 0.1) is 5.82 Å². The third kappa shape index (κ3) is 3.35. The zero-order valence-corrected chi connectivity index (χ0v) is 16.8. The van der Waals surface area contributed by atoms with Crippen molar-refractivity contribution < 1.29 is 31.8 Å². The number of carbonyl (C=O) groups excluding carboxylic acids is 1. The standard InChI is InChI=1S/C18H17ClFNO6S/c1-25-14-6-10(7-15(26-2)17(14)27-3)18-21(16(22)9-28(18,23)24)11-4-5-13(20)12(19)8-11/h4-8,18H,9H2,1-3H3. The van der Waals surface area contributed by atoms with E-state index >= 15 is 0 Å². The summed E-state index contributed by atoms with van der Waals surface area (Å²) in [4.78, 5) is 13.6. The molecule has 0 aromatic heterocycles. The van der Waals surface area contributed by atoms with Gasteiger partial charge in [0.1, 0.15) is 11.6 Å². The first-order valence-corrected chi connectivity index (χ1v) is 10.1. The van der Waals surface area contributed by atoms with Gasteiger partial charge < -0.3 is 14.2 Å². The van der Waals surface area contributed by atoms with Gasteiger partial charge in [0.15, 0.2) is 26.7 Å². The predicted octanol–water partition coefficient (Wildman–Crippen LogP) is 2.97. The number of hydrogen-bond acceptors (Lipinski definition) is 6. The Morgan fingerprint density at radius 1 is 1.07 bits per heavy atom. The highest BCUT2D eigenvalue weighted by Crippen LogP contribution is 2.45. The summed E-state index contributed by atoms with van der Waals surface area (Å²) >= 11 is 5.82.